The molecule has 1 saturated heterocycles. The lowest BCUT2D eigenvalue weighted by atomic mass is 9.80. The fourth-order valence-corrected chi connectivity index (χ4v) is 3.32. The topological polar surface area (TPSA) is 126 Å². The number of carbonyl (C=O) groups excluding carboxylic acids is 1. The normalized spacial score (nSPS) is 41.0. The summed E-state index contributed by atoms with van der Waals surface area (Å²) in [7, 11) is 0. The number of carbonyl (C=O) groups is 1. The molecule has 0 radical (unpaired) electrons. The second-order valence-electron chi connectivity index (χ2n) is 7.57. The van der Waals surface area contributed by atoms with Crippen LogP contribution in [0.3, 0.4) is 0 Å². The molecule has 7 atom stereocenters. The van der Waals surface area contributed by atoms with Crippen LogP contribution in [0.5, 0.6) is 0 Å². The fraction of sp³-hybridized carbons (Fsp3) is 0.833. The largest absolute Gasteiger partial charge is 0.454 e. The molecule has 0 bridgehead atoms. The van der Waals surface area contributed by atoms with E-state index in [0.717, 1.165) is 5.57 Å². The molecule has 2 rings (SSSR count). The van der Waals surface area contributed by atoms with Gasteiger partial charge in [-0.05, 0) is 25.7 Å². The molecule has 1 aliphatic carbocycles. The van der Waals surface area contributed by atoms with Crippen LogP contribution in [0, 0.1) is 5.92 Å². The predicted molar refractivity (Wildman–Crippen MR) is 91.0 cm³/mol. The van der Waals surface area contributed by atoms with Gasteiger partial charge in [0.05, 0.1) is 18.3 Å². The Labute approximate surface area is 153 Å². The summed E-state index contributed by atoms with van der Waals surface area (Å²) >= 11 is 0. The molecular formula is C18H30O8. The maximum Gasteiger partial charge on any atom is 0.303 e. The second-order valence-corrected chi connectivity index (χ2v) is 7.57. The van der Waals surface area contributed by atoms with Gasteiger partial charge in [0.25, 0.3) is 0 Å². The van der Waals surface area contributed by atoms with Crippen LogP contribution in [-0.2, 0) is 19.0 Å². The van der Waals surface area contributed by atoms with Gasteiger partial charge in [-0.3, -0.25) is 4.79 Å². The molecule has 0 spiro atoms. The molecule has 0 aromatic heterocycles. The minimum atomic E-state index is -1.49. The van der Waals surface area contributed by atoms with Gasteiger partial charge in [0.1, 0.15) is 18.3 Å². The molecule has 8 nitrogen and oxygen atoms in total. The van der Waals surface area contributed by atoms with Crippen molar-refractivity contribution in [1.82, 2.24) is 0 Å². The Kier molecular flexibility index (Phi) is 6.81. The summed E-state index contributed by atoms with van der Waals surface area (Å²) in [4.78, 5) is 11.4. The molecule has 2 aliphatic rings. The van der Waals surface area contributed by atoms with E-state index in [1.54, 1.807) is 6.92 Å². The van der Waals surface area contributed by atoms with Gasteiger partial charge in [-0.2, -0.15) is 0 Å². The lowest BCUT2D eigenvalue weighted by Gasteiger charge is -2.46. The van der Waals surface area contributed by atoms with Crippen LogP contribution in [0.25, 0.3) is 0 Å². The number of rotatable bonds is 5. The van der Waals surface area contributed by atoms with E-state index in [2.05, 4.69) is 0 Å². The minimum Gasteiger partial charge on any atom is -0.454 e. The van der Waals surface area contributed by atoms with Gasteiger partial charge in [-0.1, -0.05) is 25.5 Å². The molecule has 7 unspecified atom stereocenters. The van der Waals surface area contributed by atoms with Crippen molar-refractivity contribution in [3.8, 4) is 0 Å². The van der Waals surface area contributed by atoms with Gasteiger partial charge in [0.15, 0.2) is 12.4 Å². The third-order valence-electron chi connectivity index (χ3n) is 5.16. The number of aliphatic hydroxyl groups excluding tert-OH is 4. The first kappa shape index (κ1) is 21.3. The number of ether oxygens (including phenoxy) is 3. The number of hydrogen-bond acceptors (Lipinski definition) is 8. The zero-order chi connectivity index (χ0) is 19.6. The van der Waals surface area contributed by atoms with E-state index < -0.39 is 55.0 Å². The average Bonchev–Trinajstić information content (AvgIpc) is 2.56. The molecule has 4 N–H and O–H groups in total. The minimum absolute atomic E-state index is 0.310. The second kappa shape index (κ2) is 8.33. The highest BCUT2D eigenvalue weighted by atomic mass is 16.7. The van der Waals surface area contributed by atoms with Crippen molar-refractivity contribution in [2.45, 2.75) is 82.9 Å². The molecular weight excluding hydrogens is 344 g/mol. The molecule has 1 aliphatic heterocycles. The van der Waals surface area contributed by atoms with Crippen LogP contribution in [-0.4, -0.2) is 75.4 Å². The van der Waals surface area contributed by atoms with Gasteiger partial charge in [-0.15, -0.1) is 0 Å². The van der Waals surface area contributed by atoms with Crippen molar-refractivity contribution < 1.29 is 39.4 Å². The van der Waals surface area contributed by atoms with Crippen molar-refractivity contribution in [3.05, 3.63) is 11.6 Å². The van der Waals surface area contributed by atoms with Gasteiger partial charge >= 0.3 is 5.97 Å². The Morgan fingerprint density at radius 2 is 2.00 bits per heavy atom. The third kappa shape index (κ3) is 4.44. The summed E-state index contributed by atoms with van der Waals surface area (Å²) in [6.07, 6.45) is -4.47. The molecule has 0 aromatic carbocycles. The maximum absolute atomic E-state index is 11.4. The molecule has 0 aromatic rings. The summed E-state index contributed by atoms with van der Waals surface area (Å²) in [5, 5.41) is 40.3. The van der Waals surface area contributed by atoms with Gasteiger partial charge < -0.3 is 34.6 Å². The molecule has 8 heteroatoms. The van der Waals surface area contributed by atoms with Gasteiger partial charge in [-0.25, -0.2) is 0 Å². The van der Waals surface area contributed by atoms with Gasteiger partial charge in [0, 0.05) is 6.92 Å². The molecule has 0 amide bonds. The lowest BCUT2D eigenvalue weighted by Crippen LogP contribution is -2.62. The number of hydrogen-bond donors (Lipinski definition) is 4. The Morgan fingerprint density at radius 3 is 2.50 bits per heavy atom. The summed E-state index contributed by atoms with van der Waals surface area (Å²) < 4.78 is 16.6. The van der Waals surface area contributed by atoms with Gasteiger partial charge in [0.2, 0.25) is 0 Å². The van der Waals surface area contributed by atoms with Crippen LogP contribution in [0.15, 0.2) is 11.6 Å². The lowest BCUT2D eigenvalue weighted by molar-refractivity contribution is -0.335. The number of esters is 1. The van der Waals surface area contributed by atoms with Crippen molar-refractivity contribution in [2.75, 3.05) is 6.61 Å². The Morgan fingerprint density at radius 1 is 1.35 bits per heavy atom. The van der Waals surface area contributed by atoms with Crippen LogP contribution >= 0.6 is 0 Å². The van der Waals surface area contributed by atoms with E-state index in [-0.39, 0.29) is 0 Å². The summed E-state index contributed by atoms with van der Waals surface area (Å²) in [5.41, 5.74) is 0.104. The predicted octanol–water partition coefficient (Wildman–Crippen LogP) is -0.131. The van der Waals surface area contributed by atoms with Crippen LogP contribution in [0.4, 0.5) is 0 Å². The van der Waals surface area contributed by atoms with E-state index in [4.69, 9.17) is 14.2 Å². The molecule has 150 valence electrons. The van der Waals surface area contributed by atoms with E-state index in [9.17, 15) is 25.2 Å². The first-order valence-electron chi connectivity index (χ1n) is 8.93. The summed E-state index contributed by atoms with van der Waals surface area (Å²) in [5.74, 6) is -0.359. The van der Waals surface area contributed by atoms with E-state index in [0.29, 0.717) is 18.8 Å². The number of aliphatic hydroxyl groups is 4. The Balaban J connectivity index is 2.21. The van der Waals surface area contributed by atoms with Crippen molar-refractivity contribution in [2.24, 2.45) is 5.92 Å². The zero-order valence-corrected chi connectivity index (χ0v) is 15.7. The highest BCUT2D eigenvalue weighted by Gasteiger charge is 2.50. The van der Waals surface area contributed by atoms with Crippen molar-refractivity contribution in [1.29, 1.82) is 0 Å². The van der Waals surface area contributed by atoms with Crippen molar-refractivity contribution in [3.63, 3.8) is 0 Å². The highest BCUT2D eigenvalue weighted by molar-refractivity contribution is 5.66. The smallest absolute Gasteiger partial charge is 0.303 e. The van der Waals surface area contributed by atoms with Crippen molar-refractivity contribution >= 4 is 5.97 Å². The van der Waals surface area contributed by atoms with Crippen LogP contribution in [0.2, 0.25) is 0 Å². The standard InChI is InChI=1S/C18H30O8/c1-9(2)11-5-6-18(4,13(21)7-11)26-17-16(24-10(3)20)15(23)14(22)12(8-19)25-17/h5,9,12-17,19,21-23H,6-8H2,1-4H3. The summed E-state index contributed by atoms with van der Waals surface area (Å²) in [6, 6.07) is 0. The Bertz CT molecular complexity index is 533. The molecule has 0 saturated carbocycles. The SMILES string of the molecule is CC(=O)OC1C(OC2(C)CC=C(C(C)C)CC2O)OC(CO)C(O)C1O. The molecule has 1 heterocycles. The average molecular weight is 374 g/mol. The van der Waals surface area contributed by atoms with E-state index in [1.807, 2.05) is 19.9 Å². The molecule has 26 heavy (non-hydrogen) atoms. The quantitative estimate of drug-likeness (QED) is 0.387. The fourth-order valence-electron chi connectivity index (χ4n) is 3.32. The molecule has 1 fully saturated rings. The van der Waals surface area contributed by atoms with Crippen LogP contribution < -0.4 is 0 Å². The third-order valence-corrected chi connectivity index (χ3v) is 5.16. The van der Waals surface area contributed by atoms with Crippen LogP contribution in [0.1, 0.15) is 40.5 Å². The first-order chi connectivity index (χ1) is 12.1. The van der Waals surface area contributed by atoms with E-state index in [1.165, 1.54) is 6.92 Å². The monoisotopic (exact) mass is 374 g/mol. The van der Waals surface area contributed by atoms with E-state index >= 15 is 0 Å². The Hall–Kier alpha value is -1.03. The maximum atomic E-state index is 11.4. The highest BCUT2D eigenvalue weighted by Crippen LogP contribution is 2.37. The first-order valence-corrected chi connectivity index (χ1v) is 8.93. The summed E-state index contributed by atoms with van der Waals surface area (Å²) in [6.45, 7) is 6.44. The zero-order valence-electron chi connectivity index (χ0n) is 15.7.